The fraction of sp³-hybridized carbons (Fsp3) is 0.636. The van der Waals surface area contributed by atoms with Crippen LogP contribution < -0.4 is 11.0 Å². The van der Waals surface area contributed by atoms with Crippen molar-refractivity contribution in [2.45, 2.75) is 45.1 Å². The summed E-state index contributed by atoms with van der Waals surface area (Å²) in [6.07, 6.45) is 1.33. The molecular weight excluding hydrogens is 236 g/mol. The van der Waals surface area contributed by atoms with E-state index in [1.807, 2.05) is 0 Å². The zero-order valence-electron chi connectivity index (χ0n) is 10.6. The molecule has 1 amide bonds. The highest BCUT2D eigenvalue weighted by atomic mass is 16.6. The zero-order chi connectivity index (χ0) is 13.3. The third-order valence-electron chi connectivity index (χ3n) is 2.25. The first-order valence-corrected chi connectivity index (χ1v) is 5.82. The number of amides is 1. The maximum Gasteiger partial charge on any atom is 0.414 e. The van der Waals surface area contributed by atoms with E-state index in [0.717, 1.165) is 12.8 Å². The Hall–Kier alpha value is -1.92. The second-order valence-electron chi connectivity index (χ2n) is 5.26. The molecule has 98 valence electrons. The number of H-pyrrole nitrogens is 1. The van der Waals surface area contributed by atoms with E-state index in [0.29, 0.717) is 5.82 Å². The van der Waals surface area contributed by atoms with Gasteiger partial charge < -0.3 is 4.74 Å². The second kappa shape index (κ2) is 4.40. The molecule has 0 atom stereocenters. The van der Waals surface area contributed by atoms with Gasteiger partial charge in [-0.25, -0.2) is 9.59 Å². The lowest BCUT2D eigenvalue weighted by Crippen LogP contribution is -2.29. The molecule has 1 heterocycles. The number of anilines is 1. The van der Waals surface area contributed by atoms with Crippen LogP contribution in [0.15, 0.2) is 4.79 Å². The van der Waals surface area contributed by atoms with Gasteiger partial charge in [-0.05, 0) is 33.6 Å². The third-order valence-corrected chi connectivity index (χ3v) is 2.25. The zero-order valence-corrected chi connectivity index (χ0v) is 10.6. The summed E-state index contributed by atoms with van der Waals surface area (Å²) in [7, 11) is 0. The van der Waals surface area contributed by atoms with Crippen molar-refractivity contribution in [3.05, 3.63) is 16.3 Å². The lowest BCUT2D eigenvalue weighted by Gasteiger charge is -2.19. The van der Waals surface area contributed by atoms with E-state index in [4.69, 9.17) is 4.74 Å². The van der Waals surface area contributed by atoms with E-state index in [2.05, 4.69) is 20.3 Å². The van der Waals surface area contributed by atoms with E-state index in [1.165, 1.54) is 0 Å². The molecule has 1 aliphatic carbocycles. The minimum Gasteiger partial charge on any atom is -0.444 e. The third kappa shape index (κ3) is 3.54. The number of ether oxygens (including phenoxy) is 1. The van der Waals surface area contributed by atoms with Crippen molar-refractivity contribution in [3.8, 4) is 0 Å². The summed E-state index contributed by atoms with van der Waals surface area (Å²) in [5.74, 6) is 0.829. The van der Waals surface area contributed by atoms with Gasteiger partial charge in [0.05, 0.1) is 0 Å². The first-order valence-electron chi connectivity index (χ1n) is 5.82. The molecule has 1 aromatic rings. The maximum absolute atomic E-state index is 11.5. The molecule has 1 saturated carbocycles. The summed E-state index contributed by atoms with van der Waals surface area (Å²) in [4.78, 5) is 33.0. The number of carbonyl (C=O) groups is 1. The Kier molecular flexibility index (Phi) is 3.06. The van der Waals surface area contributed by atoms with Gasteiger partial charge in [-0.3, -0.25) is 10.3 Å². The average Bonchev–Trinajstić information content (AvgIpc) is 2.95. The summed E-state index contributed by atoms with van der Waals surface area (Å²) in [6.45, 7) is 5.25. The van der Waals surface area contributed by atoms with E-state index in [9.17, 15) is 9.59 Å². The fourth-order valence-corrected chi connectivity index (χ4v) is 1.40. The maximum atomic E-state index is 11.5. The van der Waals surface area contributed by atoms with Crippen molar-refractivity contribution < 1.29 is 9.53 Å². The quantitative estimate of drug-likeness (QED) is 0.829. The van der Waals surface area contributed by atoms with Crippen LogP contribution in [0.4, 0.5) is 10.7 Å². The molecule has 2 N–H and O–H groups in total. The molecule has 0 spiro atoms. The molecule has 0 aliphatic heterocycles. The summed E-state index contributed by atoms with van der Waals surface area (Å²) in [5.41, 5.74) is -1.12. The second-order valence-corrected chi connectivity index (χ2v) is 5.26. The molecule has 0 bridgehead atoms. The number of hydrogen-bond donors (Lipinski definition) is 2. The molecule has 0 saturated heterocycles. The highest BCUT2D eigenvalue weighted by Gasteiger charge is 2.27. The Labute approximate surface area is 104 Å². The molecule has 7 nitrogen and oxygen atoms in total. The number of rotatable bonds is 2. The number of hydrogen-bond acceptors (Lipinski definition) is 5. The van der Waals surface area contributed by atoms with Crippen LogP contribution in [0.1, 0.15) is 45.4 Å². The van der Waals surface area contributed by atoms with Gasteiger partial charge in [-0.15, -0.1) is 0 Å². The van der Waals surface area contributed by atoms with Gasteiger partial charge in [-0.1, -0.05) is 0 Å². The van der Waals surface area contributed by atoms with Gasteiger partial charge in [0, 0.05) is 5.92 Å². The van der Waals surface area contributed by atoms with Gasteiger partial charge in [0.25, 0.3) is 0 Å². The lowest BCUT2D eigenvalue weighted by molar-refractivity contribution is 0.0634. The fourth-order valence-electron chi connectivity index (χ4n) is 1.40. The summed E-state index contributed by atoms with van der Waals surface area (Å²) in [6, 6.07) is 0. The first-order chi connectivity index (χ1) is 8.33. The van der Waals surface area contributed by atoms with Gasteiger partial charge >= 0.3 is 11.8 Å². The first kappa shape index (κ1) is 12.5. The smallest absolute Gasteiger partial charge is 0.414 e. The van der Waals surface area contributed by atoms with E-state index in [1.54, 1.807) is 20.8 Å². The Balaban J connectivity index is 2.09. The van der Waals surface area contributed by atoms with Crippen LogP contribution >= 0.6 is 0 Å². The van der Waals surface area contributed by atoms with Gasteiger partial charge in [-0.2, -0.15) is 9.97 Å². The van der Waals surface area contributed by atoms with Crippen LogP contribution in [0, 0.1) is 0 Å². The summed E-state index contributed by atoms with van der Waals surface area (Å²) >= 11 is 0. The van der Waals surface area contributed by atoms with Crippen molar-refractivity contribution >= 4 is 12.0 Å². The van der Waals surface area contributed by atoms with Gasteiger partial charge in [0.15, 0.2) is 0 Å². The van der Waals surface area contributed by atoms with Crippen molar-refractivity contribution in [2.24, 2.45) is 0 Å². The van der Waals surface area contributed by atoms with Crippen LogP contribution in [0.5, 0.6) is 0 Å². The molecule has 7 heteroatoms. The van der Waals surface area contributed by atoms with Crippen LogP contribution in [0.25, 0.3) is 0 Å². The van der Waals surface area contributed by atoms with E-state index in [-0.39, 0.29) is 11.9 Å². The van der Waals surface area contributed by atoms with Gasteiger partial charge in [0.1, 0.15) is 11.4 Å². The van der Waals surface area contributed by atoms with Crippen molar-refractivity contribution in [3.63, 3.8) is 0 Å². The molecule has 2 rings (SSSR count). The van der Waals surface area contributed by atoms with Crippen LogP contribution in [0.3, 0.4) is 0 Å². The minimum atomic E-state index is -0.671. The predicted octanol–water partition coefficient (Wildman–Crippen LogP) is 1.39. The number of aromatic nitrogens is 3. The largest absolute Gasteiger partial charge is 0.444 e. The topological polar surface area (TPSA) is 97.0 Å². The van der Waals surface area contributed by atoms with Crippen LogP contribution in [0.2, 0.25) is 0 Å². The molecule has 0 unspecified atom stereocenters. The Bertz CT molecular complexity index is 514. The van der Waals surface area contributed by atoms with Crippen LogP contribution in [-0.2, 0) is 4.74 Å². The molecule has 1 aromatic heterocycles. The standard InChI is InChI=1S/C11H16N4O3/c1-11(2,3)18-10(17)15-8-12-7(6-4-5-6)13-9(16)14-8/h6H,4-5H2,1-3H3,(H2,12,13,14,15,16,17). The Morgan fingerprint density at radius 2 is 2.06 bits per heavy atom. The normalized spacial score (nSPS) is 15.3. The SMILES string of the molecule is CC(C)(C)OC(=O)Nc1nc(C2CC2)[nH]c(=O)n1. The van der Waals surface area contributed by atoms with Crippen molar-refractivity contribution in [2.75, 3.05) is 5.32 Å². The van der Waals surface area contributed by atoms with Crippen LogP contribution in [-0.4, -0.2) is 26.6 Å². The lowest BCUT2D eigenvalue weighted by atomic mass is 10.2. The number of aromatic amines is 1. The Morgan fingerprint density at radius 3 is 2.61 bits per heavy atom. The highest BCUT2D eigenvalue weighted by Crippen LogP contribution is 2.37. The summed E-state index contributed by atoms with van der Waals surface area (Å²) < 4.78 is 5.06. The average molecular weight is 252 g/mol. The number of carbonyl (C=O) groups excluding carboxylic acids is 1. The van der Waals surface area contributed by atoms with E-state index < -0.39 is 17.4 Å². The van der Waals surface area contributed by atoms with Gasteiger partial charge in [0.2, 0.25) is 5.95 Å². The van der Waals surface area contributed by atoms with Crippen molar-refractivity contribution in [1.82, 2.24) is 15.0 Å². The molecule has 0 radical (unpaired) electrons. The molecule has 1 fully saturated rings. The van der Waals surface area contributed by atoms with E-state index >= 15 is 0 Å². The number of nitrogens with one attached hydrogen (secondary N) is 2. The molecular formula is C11H16N4O3. The number of nitrogens with zero attached hydrogens (tertiary/aromatic N) is 2. The predicted molar refractivity (Wildman–Crippen MR) is 64.5 cm³/mol. The minimum absolute atomic E-state index is 0.0186. The monoisotopic (exact) mass is 252 g/mol. The molecule has 1 aliphatic rings. The van der Waals surface area contributed by atoms with Crippen molar-refractivity contribution in [1.29, 1.82) is 0 Å². The summed E-state index contributed by atoms with van der Waals surface area (Å²) in [5, 5.41) is 2.36. The molecule has 0 aromatic carbocycles. The Morgan fingerprint density at radius 1 is 1.39 bits per heavy atom. The molecule has 18 heavy (non-hydrogen) atoms. The highest BCUT2D eigenvalue weighted by molar-refractivity contribution is 5.82.